The van der Waals surface area contributed by atoms with E-state index in [1.54, 1.807) is 18.3 Å². The third-order valence-corrected chi connectivity index (χ3v) is 3.36. The monoisotopic (exact) mass is 274 g/mol. The number of aliphatic carboxylic acids is 1. The topological polar surface area (TPSA) is 82.2 Å². The van der Waals surface area contributed by atoms with Crippen molar-refractivity contribution in [2.24, 2.45) is 5.92 Å². The maximum absolute atomic E-state index is 12.3. The number of rotatable bonds is 5. The Morgan fingerprint density at radius 2 is 2.05 bits per heavy atom. The molecule has 0 aliphatic heterocycles. The molecule has 0 aliphatic rings. The lowest BCUT2D eigenvalue weighted by molar-refractivity contribution is -0.137. The van der Waals surface area contributed by atoms with E-state index in [0.717, 1.165) is 10.9 Å². The van der Waals surface area contributed by atoms with Crippen LogP contribution >= 0.6 is 0 Å². The van der Waals surface area contributed by atoms with Crippen LogP contribution in [0.1, 0.15) is 30.6 Å². The number of benzene rings is 1. The van der Waals surface area contributed by atoms with Crippen LogP contribution in [0.5, 0.6) is 0 Å². The Kier molecular flexibility index (Phi) is 4.08. The van der Waals surface area contributed by atoms with Crippen LogP contribution in [0, 0.1) is 5.92 Å². The number of H-pyrrole nitrogens is 1. The van der Waals surface area contributed by atoms with Crippen LogP contribution in [0.25, 0.3) is 10.9 Å². The van der Waals surface area contributed by atoms with Gasteiger partial charge in [-0.1, -0.05) is 19.9 Å². The quantitative estimate of drug-likeness (QED) is 0.783. The fourth-order valence-electron chi connectivity index (χ4n) is 2.17. The first kappa shape index (κ1) is 14.1. The van der Waals surface area contributed by atoms with Gasteiger partial charge in [-0.3, -0.25) is 9.59 Å². The van der Waals surface area contributed by atoms with Gasteiger partial charge in [-0.15, -0.1) is 0 Å². The molecule has 2 rings (SSSR count). The molecule has 106 valence electrons. The van der Waals surface area contributed by atoms with Crippen LogP contribution in [0.15, 0.2) is 30.5 Å². The zero-order valence-corrected chi connectivity index (χ0v) is 11.5. The van der Waals surface area contributed by atoms with Crippen molar-refractivity contribution in [2.45, 2.75) is 26.3 Å². The molecule has 1 aromatic carbocycles. The van der Waals surface area contributed by atoms with Crippen molar-refractivity contribution in [3.63, 3.8) is 0 Å². The summed E-state index contributed by atoms with van der Waals surface area (Å²) in [6.45, 7) is 3.79. The van der Waals surface area contributed by atoms with Gasteiger partial charge in [0, 0.05) is 28.7 Å². The standard InChI is InChI=1S/C15H18N2O3/c1-9(2)13(8-14(18)19)17-15(20)11-4-3-5-12-10(11)6-7-16-12/h3-7,9,13,16H,8H2,1-2H3,(H,17,20)(H,18,19). The summed E-state index contributed by atoms with van der Waals surface area (Å²) in [5, 5.41) is 12.5. The first-order valence-electron chi connectivity index (χ1n) is 6.58. The molecule has 0 saturated heterocycles. The van der Waals surface area contributed by atoms with Crippen molar-refractivity contribution in [2.75, 3.05) is 0 Å². The van der Waals surface area contributed by atoms with Crippen LogP contribution < -0.4 is 5.32 Å². The highest BCUT2D eigenvalue weighted by atomic mass is 16.4. The number of carboxylic acids is 1. The number of amides is 1. The minimum absolute atomic E-state index is 0.0560. The Labute approximate surface area is 117 Å². The average Bonchev–Trinajstić information content (AvgIpc) is 2.84. The molecule has 0 bridgehead atoms. The van der Waals surface area contributed by atoms with Gasteiger partial charge >= 0.3 is 5.97 Å². The summed E-state index contributed by atoms with van der Waals surface area (Å²) in [5.74, 6) is -1.10. The van der Waals surface area contributed by atoms with Crippen molar-refractivity contribution < 1.29 is 14.7 Å². The highest BCUT2D eigenvalue weighted by Crippen LogP contribution is 2.18. The zero-order valence-electron chi connectivity index (χ0n) is 11.5. The Morgan fingerprint density at radius 1 is 1.30 bits per heavy atom. The molecule has 1 amide bonds. The summed E-state index contributed by atoms with van der Waals surface area (Å²) in [5.41, 5.74) is 1.44. The average molecular weight is 274 g/mol. The molecule has 5 heteroatoms. The second-order valence-electron chi connectivity index (χ2n) is 5.17. The van der Waals surface area contributed by atoms with Crippen LogP contribution in [0.4, 0.5) is 0 Å². The third kappa shape index (κ3) is 2.99. The molecule has 0 spiro atoms. The fourth-order valence-corrected chi connectivity index (χ4v) is 2.17. The van der Waals surface area contributed by atoms with Gasteiger partial charge in [0.1, 0.15) is 0 Å². The smallest absolute Gasteiger partial charge is 0.305 e. The van der Waals surface area contributed by atoms with Gasteiger partial charge < -0.3 is 15.4 Å². The van der Waals surface area contributed by atoms with E-state index in [-0.39, 0.29) is 24.3 Å². The van der Waals surface area contributed by atoms with Crippen molar-refractivity contribution >= 4 is 22.8 Å². The lowest BCUT2D eigenvalue weighted by atomic mass is 10.00. The fraction of sp³-hybridized carbons (Fsp3) is 0.333. The highest BCUT2D eigenvalue weighted by Gasteiger charge is 2.21. The van der Waals surface area contributed by atoms with Crippen molar-refractivity contribution in [1.29, 1.82) is 0 Å². The van der Waals surface area contributed by atoms with Gasteiger partial charge in [-0.25, -0.2) is 0 Å². The van der Waals surface area contributed by atoms with E-state index in [1.807, 2.05) is 26.0 Å². The Bertz CT molecular complexity index is 631. The van der Waals surface area contributed by atoms with E-state index in [1.165, 1.54) is 0 Å². The Morgan fingerprint density at radius 3 is 2.70 bits per heavy atom. The van der Waals surface area contributed by atoms with Gasteiger partial charge in [0.15, 0.2) is 0 Å². The molecule has 5 nitrogen and oxygen atoms in total. The molecule has 0 saturated carbocycles. The SMILES string of the molecule is CC(C)C(CC(=O)O)NC(=O)c1cccc2[nH]ccc12. The van der Waals surface area contributed by atoms with Crippen LogP contribution in [0.3, 0.4) is 0 Å². The minimum atomic E-state index is -0.913. The summed E-state index contributed by atoms with van der Waals surface area (Å²) in [7, 11) is 0. The largest absolute Gasteiger partial charge is 0.481 e. The first-order valence-corrected chi connectivity index (χ1v) is 6.58. The van der Waals surface area contributed by atoms with E-state index in [2.05, 4.69) is 10.3 Å². The summed E-state index contributed by atoms with van der Waals surface area (Å²) in [4.78, 5) is 26.2. The summed E-state index contributed by atoms with van der Waals surface area (Å²) >= 11 is 0. The van der Waals surface area contributed by atoms with E-state index in [9.17, 15) is 9.59 Å². The molecule has 1 atom stereocenters. The van der Waals surface area contributed by atoms with Gasteiger partial charge in [-0.05, 0) is 24.1 Å². The molecule has 2 aromatic rings. The molecule has 0 radical (unpaired) electrons. The predicted octanol–water partition coefficient (Wildman–Crippen LogP) is 2.40. The van der Waals surface area contributed by atoms with Gasteiger partial charge in [-0.2, -0.15) is 0 Å². The van der Waals surface area contributed by atoms with E-state index >= 15 is 0 Å². The molecule has 1 aromatic heterocycles. The number of carbonyl (C=O) groups is 2. The number of carbonyl (C=O) groups excluding carboxylic acids is 1. The number of carboxylic acid groups (broad SMARTS) is 1. The number of aromatic amines is 1. The van der Waals surface area contributed by atoms with Crippen molar-refractivity contribution in [1.82, 2.24) is 10.3 Å². The van der Waals surface area contributed by atoms with Crippen molar-refractivity contribution in [3.05, 3.63) is 36.0 Å². The van der Waals surface area contributed by atoms with E-state index in [0.29, 0.717) is 5.56 Å². The minimum Gasteiger partial charge on any atom is -0.481 e. The van der Waals surface area contributed by atoms with Gasteiger partial charge in [0.25, 0.3) is 5.91 Å². The van der Waals surface area contributed by atoms with Crippen LogP contribution in [0.2, 0.25) is 0 Å². The summed E-state index contributed by atoms with van der Waals surface area (Å²) in [6, 6.07) is 6.89. The van der Waals surface area contributed by atoms with Crippen LogP contribution in [-0.2, 0) is 4.79 Å². The van der Waals surface area contributed by atoms with E-state index < -0.39 is 5.97 Å². The number of fused-ring (bicyclic) bond motifs is 1. The Hall–Kier alpha value is -2.30. The molecule has 0 fully saturated rings. The highest BCUT2D eigenvalue weighted by molar-refractivity contribution is 6.06. The summed E-state index contributed by atoms with van der Waals surface area (Å²) < 4.78 is 0. The predicted molar refractivity (Wildman–Crippen MR) is 76.6 cm³/mol. The molecule has 1 heterocycles. The van der Waals surface area contributed by atoms with Gasteiger partial charge in [0.2, 0.25) is 0 Å². The first-order chi connectivity index (χ1) is 9.49. The van der Waals surface area contributed by atoms with Crippen LogP contribution in [-0.4, -0.2) is 28.0 Å². The number of hydrogen-bond acceptors (Lipinski definition) is 2. The molecule has 3 N–H and O–H groups in total. The molecular weight excluding hydrogens is 256 g/mol. The number of hydrogen-bond donors (Lipinski definition) is 3. The summed E-state index contributed by atoms with van der Waals surface area (Å²) in [6.07, 6.45) is 1.70. The molecule has 20 heavy (non-hydrogen) atoms. The number of nitrogens with one attached hydrogen (secondary N) is 2. The molecular formula is C15H18N2O3. The van der Waals surface area contributed by atoms with E-state index in [4.69, 9.17) is 5.11 Å². The number of aromatic nitrogens is 1. The second-order valence-corrected chi connectivity index (χ2v) is 5.17. The normalized spacial score (nSPS) is 12.6. The maximum atomic E-state index is 12.3. The molecule has 0 aliphatic carbocycles. The lowest BCUT2D eigenvalue weighted by Crippen LogP contribution is -2.40. The lowest BCUT2D eigenvalue weighted by Gasteiger charge is -2.20. The second kappa shape index (κ2) is 5.77. The van der Waals surface area contributed by atoms with Gasteiger partial charge in [0.05, 0.1) is 6.42 Å². The molecule has 1 unspecified atom stereocenters. The van der Waals surface area contributed by atoms with Crippen molar-refractivity contribution in [3.8, 4) is 0 Å². The zero-order chi connectivity index (χ0) is 14.7. The third-order valence-electron chi connectivity index (χ3n) is 3.36. The maximum Gasteiger partial charge on any atom is 0.305 e. The Balaban J connectivity index is 2.22.